The normalized spacial score (nSPS) is 10.9. The molecule has 0 heterocycles. The number of ether oxygens (including phenoxy) is 1. The Balaban J connectivity index is 2.03. The minimum absolute atomic E-state index is 0.0806. The largest absolute Gasteiger partial charge is 0.423 e. The zero-order chi connectivity index (χ0) is 31.4. The number of allylic oxidation sites excluding steroid dienone is 1. The van der Waals surface area contributed by atoms with Crippen molar-refractivity contribution in [1.82, 2.24) is 0 Å². The summed E-state index contributed by atoms with van der Waals surface area (Å²) in [6.45, 7) is 13.0. The standard InChI is InChI=1S/C38H45FO3S/c1-6-7-10-13-28-15-17-29(18-16-28)31-19-20-33(35(39)23-31)34-22-32(24-36(40)26(2)3)30(14-11-8-9-12-21-43)25-37(34)42-38(41)27(4)5/h15-20,22-23,25,43H,2,4,6-14,21,24H2,1,3,5H3. The number of Topliss-reactive ketones (excluding diaryl/α,β-unsaturated/α-hetero) is 1. The minimum atomic E-state index is -0.581. The number of aryl methyl sites for hydroxylation is 2. The van der Waals surface area contributed by atoms with E-state index >= 15 is 4.39 Å². The van der Waals surface area contributed by atoms with Crippen molar-refractivity contribution >= 4 is 24.4 Å². The van der Waals surface area contributed by atoms with Crippen molar-refractivity contribution < 1.29 is 18.7 Å². The summed E-state index contributed by atoms with van der Waals surface area (Å²) in [7, 11) is 0. The SMILES string of the molecule is C=C(C)C(=O)Cc1cc(-c2ccc(-c3ccc(CCCCC)cc3)cc2F)c(OC(=O)C(=C)C)cc1CCCCCCS. The highest BCUT2D eigenvalue weighted by Gasteiger charge is 2.20. The van der Waals surface area contributed by atoms with Crippen molar-refractivity contribution in [3.63, 3.8) is 0 Å². The summed E-state index contributed by atoms with van der Waals surface area (Å²) in [6.07, 6.45) is 9.49. The molecule has 0 N–H and O–H groups in total. The molecule has 0 aliphatic carbocycles. The zero-order valence-corrected chi connectivity index (χ0v) is 26.8. The van der Waals surface area contributed by atoms with E-state index in [1.54, 1.807) is 32.0 Å². The molecule has 0 aliphatic rings. The molecule has 0 bridgehead atoms. The van der Waals surface area contributed by atoms with Crippen LogP contribution >= 0.6 is 12.6 Å². The Morgan fingerprint density at radius 1 is 0.767 bits per heavy atom. The Morgan fingerprint density at radius 3 is 2.07 bits per heavy atom. The average molecular weight is 601 g/mol. The molecule has 0 amide bonds. The number of halogens is 1. The number of unbranched alkanes of at least 4 members (excludes halogenated alkanes) is 5. The van der Waals surface area contributed by atoms with E-state index in [2.05, 4.69) is 44.8 Å². The van der Waals surface area contributed by atoms with E-state index in [4.69, 9.17) is 4.74 Å². The Kier molecular flexibility index (Phi) is 13.5. The number of rotatable bonds is 17. The van der Waals surface area contributed by atoms with Gasteiger partial charge in [0.15, 0.2) is 5.78 Å². The maximum absolute atomic E-state index is 15.9. The fourth-order valence-electron chi connectivity index (χ4n) is 5.01. The Labute approximate surface area is 262 Å². The summed E-state index contributed by atoms with van der Waals surface area (Å²) in [5.74, 6) is 0.00970. The molecule has 43 heavy (non-hydrogen) atoms. The van der Waals surface area contributed by atoms with Gasteiger partial charge >= 0.3 is 5.97 Å². The van der Waals surface area contributed by atoms with Crippen LogP contribution in [0.15, 0.2) is 78.9 Å². The molecule has 0 atom stereocenters. The number of ketones is 1. The van der Waals surface area contributed by atoms with Gasteiger partial charge in [0.05, 0.1) is 0 Å². The highest BCUT2D eigenvalue weighted by atomic mass is 32.1. The Morgan fingerprint density at radius 2 is 1.44 bits per heavy atom. The number of esters is 1. The fourth-order valence-corrected chi connectivity index (χ4v) is 5.23. The third-order valence-electron chi connectivity index (χ3n) is 7.65. The van der Waals surface area contributed by atoms with Crippen LogP contribution in [0.2, 0.25) is 0 Å². The van der Waals surface area contributed by atoms with Crippen LogP contribution in [0.4, 0.5) is 4.39 Å². The molecule has 5 heteroatoms. The lowest BCUT2D eigenvalue weighted by molar-refractivity contribution is -0.130. The molecule has 3 nitrogen and oxygen atoms in total. The second-order valence-corrected chi connectivity index (χ2v) is 11.9. The highest BCUT2D eigenvalue weighted by molar-refractivity contribution is 7.80. The fraction of sp³-hybridized carbons (Fsp3) is 0.368. The van der Waals surface area contributed by atoms with Gasteiger partial charge in [0, 0.05) is 23.1 Å². The van der Waals surface area contributed by atoms with Gasteiger partial charge in [0.1, 0.15) is 11.6 Å². The van der Waals surface area contributed by atoms with Gasteiger partial charge in [-0.1, -0.05) is 82.2 Å². The molecule has 0 aliphatic heterocycles. The van der Waals surface area contributed by atoms with Gasteiger partial charge in [-0.2, -0.15) is 12.6 Å². The molecular formula is C38H45FO3S. The summed E-state index contributed by atoms with van der Waals surface area (Å²) < 4.78 is 21.6. The topological polar surface area (TPSA) is 43.4 Å². The van der Waals surface area contributed by atoms with Gasteiger partial charge in [-0.15, -0.1) is 0 Å². The monoisotopic (exact) mass is 600 g/mol. The molecule has 3 aromatic carbocycles. The predicted molar refractivity (Wildman–Crippen MR) is 180 cm³/mol. The van der Waals surface area contributed by atoms with E-state index in [0.717, 1.165) is 66.5 Å². The van der Waals surface area contributed by atoms with Crippen molar-refractivity contribution in [2.75, 3.05) is 5.75 Å². The second-order valence-electron chi connectivity index (χ2n) is 11.4. The molecule has 0 saturated heterocycles. The summed E-state index contributed by atoms with van der Waals surface area (Å²) in [4.78, 5) is 25.4. The third-order valence-corrected chi connectivity index (χ3v) is 7.97. The summed E-state index contributed by atoms with van der Waals surface area (Å²) in [5, 5.41) is 0. The van der Waals surface area contributed by atoms with Gasteiger partial charge in [0.2, 0.25) is 0 Å². The molecule has 0 saturated carbocycles. The van der Waals surface area contributed by atoms with Crippen LogP contribution in [-0.2, 0) is 28.9 Å². The quantitative estimate of drug-likeness (QED) is 0.0551. The van der Waals surface area contributed by atoms with Crippen LogP contribution in [0.3, 0.4) is 0 Å². The summed E-state index contributed by atoms with van der Waals surface area (Å²) >= 11 is 4.29. The van der Waals surface area contributed by atoms with Gasteiger partial charge < -0.3 is 4.74 Å². The van der Waals surface area contributed by atoms with Gasteiger partial charge in [0.25, 0.3) is 0 Å². The van der Waals surface area contributed by atoms with E-state index in [1.165, 1.54) is 24.5 Å². The van der Waals surface area contributed by atoms with E-state index in [9.17, 15) is 9.59 Å². The first kappa shape index (κ1) is 34.1. The van der Waals surface area contributed by atoms with Crippen LogP contribution in [0, 0.1) is 5.82 Å². The van der Waals surface area contributed by atoms with Crippen LogP contribution in [-0.4, -0.2) is 17.5 Å². The van der Waals surface area contributed by atoms with Crippen molar-refractivity contribution in [2.24, 2.45) is 0 Å². The second kappa shape index (κ2) is 17.0. The molecule has 0 radical (unpaired) electrons. The molecule has 3 rings (SSSR count). The molecule has 3 aromatic rings. The number of carbonyl (C=O) groups is 2. The number of hydrogen-bond acceptors (Lipinski definition) is 4. The molecule has 0 spiro atoms. The third kappa shape index (κ3) is 10.1. The lowest BCUT2D eigenvalue weighted by Gasteiger charge is -2.18. The Bertz CT molecular complexity index is 1440. The first-order valence-corrected chi connectivity index (χ1v) is 16.0. The van der Waals surface area contributed by atoms with Gasteiger partial charge in [-0.25, -0.2) is 9.18 Å². The lowest BCUT2D eigenvalue weighted by atomic mass is 9.90. The zero-order valence-electron chi connectivity index (χ0n) is 25.9. The van der Waals surface area contributed by atoms with Gasteiger partial charge in [-0.05, 0) is 103 Å². The maximum atomic E-state index is 15.9. The molecule has 0 aromatic heterocycles. The van der Waals surface area contributed by atoms with Crippen LogP contribution in [0.1, 0.15) is 82.4 Å². The van der Waals surface area contributed by atoms with Crippen LogP contribution < -0.4 is 4.74 Å². The molecule has 228 valence electrons. The van der Waals surface area contributed by atoms with Crippen LogP contribution in [0.25, 0.3) is 22.3 Å². The first-order valence-electron chi connectivity index (χ1n) is 15.4. The lowest BCUT2D eigenvalue weighted by Crippen LogP contribution is -2.12. The molecule has 0 fully saturated rings. The Hall–Kier alpha value is -3.44. The predicted octanol–water partition coefficient (Wildman–Crippen LogP) is 10.1. The summed E-state index contributed by atoms with van der Waals surface area (Å²) in [6, 6.07) is 17.0. The van der Waals surface area contributed by atoms with Crippen molar-refractivity contribution in [3.8, 4) is 28.0 Å². The van der Waals surface area contributed by atoms with Crippen molar-refractivity contribution in [1.29, 1.82) is 0 Å². The number of carbonyl (C=O) groups excluding carboxylic acids is 2. The van der Waals surface area contributed by atoms with Crippen LogP contribution in [0.5, 0.6) is 5.75 Å². The first-order chi connectivity index (χ1) is 20.6. The van der Waals surface area contributed by atoms with Gasteiger partial charge in [-0.3, -0.25) is 4.79 Å². The van der Waals surface area contributed by atoms with Crippen molar-refractivity contribution in [3.05, 3.63) is 101 Å². The van der Waals surface area contributed by atoms with E-state index < -0.39 is 11.8 Å². The van der Waals surface area contributed by atoms with E-state index in [1.807, 2.05) is 18.2 Å². The smallest absolute Gasteiger partial charge is 0.338 e. The van der Waals surface area contributed by atoms with Crippen molar-refractivity contribution in [2.45, 2.75) is 85.0 Å². The van der Waals surface area contributed by atoms with E-state index in [-0.39, 0.29) is 23.5 Å². The number of hydrogen-bond donors (Lipinski definition) is 1. The number of benzene rings is 3. The minimum Gasteiger partial charge on any atom is -0.423 e. The highest BCUT2D eigenvalue weighted by Crippen LogP contribution is 2.37. The van der Waals surface area contributed by atoms with E-state index in [0.29, 0.717) is 23.1 Å². The maximum Gasteiger partial charge on any atom is 0.338 e. The number of thiol groups is 1. The molecule has 0 unspecified atom stereocenters. The average Bonchev–Trinajstić information content (AvgIpc) is 2.98. The molecular weight excluding hydrogens is 555 g/mol. The summed E-state index contributed by atoms with van der Waals surface area (Å²) in [5.41, 5.74) is 6.09.